The van der Waals surface area contributed by atoms with E-state index in [2.05, 4.69) is 0 Å². The first-order valence-electron chi connectivity index (χ1n) is 6.45. The molecule has 112 valence electrons. The van der Waals surface area contributed by atoms with Gasteiger partial charge in [-0.15, -0.1) is 11.8 Å². The van der Waals surface area contributed by atoms with Gasteiger partial charge in [0.25, 0.3) is 0 Å². The molecule has 2 N–H and O–H groups in total. The van der Waals surface area contributed by atoms with E-state index in [0.29, 0.717) is 26.2 Å². The van der Waals surface area contributed by atoms with Crippen LogP contribution in [0.4, 0.5) is 4.79 Å². The first-order chi connectivity index (χ1) is 9.28. The lowest BCUT2D eigenvalue weighted by Gasteiger charge is -2.37. The third-order valence-electron chi connectivity index (χ3n) is 2.76. The number of allylic oxidation sites excluding steroid dienone is 1. The summed E-state index contributed by atoms with van der Waals surface area (Å²) in [4.78, 5) is 15.7. The number of carbonyl (C=O) groups excluding carboxylic acids is 1. The number of nitriles is 1. The van der Waals surface area contributed by atoms with E-state index in [1.54, 1.807) is 4.90 Å². The van der Waals surface area contributed by atoms with Gasteiger partial charge < -0.3 is 20.3 Å². The second-order valence-electron chi connectivity index (χ2n) is 5.49. The van der Waals surface area contributed by atoms with Gasteiger partial charge in [0.2, 0.25) is 0 Å². The molecule has 0 aromatic heterocycles. The van der Waals surface area contributed by atoms with Gasteiger partial charge in [-0.3, -0.25) is 0 Å². The Morgan fingerprint density at radius 3 is 2.15 bits per heavy atom. The molecular weight excluding hydrogens is 276 g/mol. The van der Waals surface area contributed by atoms with Gasteiger partial charge in [0, 0.05) is 26.2 Å². The van der Waals surface area contributed by atoms with Gasteiger partial charge >= 0.3 is 6.09 Å². The fraction of sp³-hybridized carbons (Fsp3) is 0.692. The smallest absolute Gasteiger partial charge is 0.410 e. The van der Waals surface area contributed by atoms with E-state index in [9.17, 15) is 4.79 Å². The molecule has 1 fully saturated rings. The van der Waals surface area contributed by atoms with Crippen LogP contribution in [-0.4, -0.2) is 53.9 Å². The van der Waals surface area contributed by atoms with Crippen LogP contribution in [0.15, 0.2) is 10.7 Å². The highest BCUT2D eigenvalue weighted by Gasteiger charge is 2.27. The Hall–Kier alpha value is -1.55. The van der Waals surface area contributed by atoms with Crippen molar-refractivity contribution in [2.75, 3.05) is 32.4 Å². The highest BCUT2D eigenvalue weighted by Crippen LogP contribution is 2.21. The summed E-state index contributed by atoms with van der Waals surface area (Å²) in [7, 11) is 0. The van der Waals surface area contributed by atoms with Crippen molar-refractivity contribution >= 4 is 17.9 Å². The Labute approximate surface area is 124 Å². The summed E-state index contributed by atoms with van der Waals surface area (Å²) in [6, 6.07) is 1.97. The quantitative estimate of drug-likeness (QED) is 0.779. The fourth-order valence-corrected chi connectivity index (χ4v) is 2.58. The second kappa shape index (κ2) is 6.75. The Balaban J connectivity index is 2.60. The molecule has 1 aliphatic rings. The van der Waals surface area contributed by atoms with E-state index in [0.717, 1.165) is 5.03 Å². The summed E-state index contributed by atoms with van der Waals surface area (Å²) >= 11 is 1.45. The van der Waals surface area contributed by atoms with E-state index < -0.39 is 5.60 Å². The number of nitrogens with two attached hydrogens (primary N) is 1. The van der Waals surface area contributed by atoms with Crippen LogP contribution in [0.5, 0.6) is 0 Å². The Morgan fingerprint density at radius 1 is 1.25 bits per heavy atom. The molecule has 6 nitrogen and oxygen atoms in total. The summed E-state index contributed by atoms with van der Waals surface area (Å²) in [5.41, 5.74) is 5.43. The molecule has 0 aromatic rings. The summed E-state index contributed by atoms with van der Waals surface area (Å²) in [6.45, 7) is 7.99. The molecule has 1 aliphatic heterocycles. The molecule has 0 bridgehead atoms. The van der Waals surface area contributed by atoms with Crippen molar-refractivity contribution in [1.82, 2.24) is 9.80 Å². The van der Waals surface area contributed by atoms with E-state index in [1.807, 2.05) is 38.0 Å². The Bertz CT molecular complexity index is 429. The van der Waals surface area contributed by atoms with Gasteiger partial charge in [0.1, 0.15) is 22.4 Å². The number of carbonyl (C=O) groups is 1. The molecule has 0 spiro atoms. The lowest BCUT2D eigenvalue weighted by molar-refractivity contribution is 0.0174. The van der Waals surface area contributed by atoms with Crippen molar-refractivity contribution in [3.8, 4) is 6.07 Å². The largest absolute Gasteiger partial charge is 0.444 e. The molecule has 7 heteroatoms. The minimum absolute atomic E-state index is 0.225. The second-order valence-corrected chi connectivity index (χ2v) is 6.28. The zero-order valence-electron chi connectivity index (χ0n) is 12.5. The van der Waals surface area contributed by atoms with Crippen LogP contribution in [0, 0.1) is 11.3 Å². The van der Waals surface area contributed by atoms with Crippen molar-refractivity contribution in [2.24, 2.45) is 5.73 Å². The SMILES string of the molecule is CS/C(=C(/N)C#N)N1CCN(C(=O)OC(C)(C)C)CC1. The normalized spacial score (nSPS) is 17.4. The molecule has 0 aliphatic carbocycles. The average molecular weight is 298 g/mol. The topological polar surface area (TPSA) is 82.6 Å². The van der Waals surface area contributed by atoms with Gasteiger partial charge in [-0.1, -0.05) is 0 Å². The Morgan fingerprint density at radius 2 is 1.75 bits per heavy atom. The van der Waals surface area contributed by atoms with Crippen molar-refractivity contribution in [3.63, 3.8) is 0 Å². The van der Waals surface area contributed by atoms with Gasteiger partial charge in [-0.2, -0.15) is 5.26 Å². The third-order valence-corrected chi connectivity index (χ3v) is 3.63. The number of thioether (sulfide) groups is 1. The van der Waals surface area contributed by atoms with Gasteiger partial charge in [0.15, 0.2) is 0 Å². The maximum atomic E-state index is 11.9. The van der Waals surface area contributed by atoms with Gasteiger partial charge in [0.05, 0.1) is 0 Å². The summed E-state index contributed by atoms with van der Waals surface area (Å²) in [5.74, 6) is 0. The molecular formula is C13H22N4O2S. The van der Waals surface area contributed by atoms with Crippen LogP contribution in [0.3, 0.4) is 0 Å². The highest BCUT2D eigenvalue weighted by molar-refractivity contribution is 8.02. The number of rotatable bonds is 2. The number of piperazine rings is 1. The van der Waals surface area contributed by atoms with Crippen molar-refractivity contribution in [1.29, 1.82) is 5.26 Å². The van der Waals surface area contributed by atoms with Crippen LogP contribution >= 0.6 is 11.8 Å². The van der Waals surface area contributed by atoms with Crippen molar-refractivity contribution < 1.29 is 9.53 Å². The highest BCUT2D eigenvalue weighted by atomic mass is 32.2. The average Bonchev–Trinajstić information content (AvgIpc) is 2.38. The maximum absolute atomic E-state index is 11.9. The minimum atomic E-state index is -0.482. The lowest BCUT2D eigenvalue weighted by Crippen LogP contribution is -2.49. The maximum Gasteiger partial charge on any atom is 0.410 e. The molecule has 20 heavy (non-hydrogen) atoms. The third kappa shape index (κ3) is 4.53. The molecule has 0 radical (unpaired) electrons. The van der Waals surface area contributed by atoms with E-state index in [-0.39, 0.29) is 11.8 Å². The van der Waals surface area contributed by atoms with Crippen LogP contribution in [0.2, 0.25) is 0 Å². The molecule has 1 amide bonds. The van der Waals surface area contributed by atoms with Crippen LogP contribution in [-0.2, 0) is 4.74 Å². The first kappa shape index (κ1) is 16.5. The molecule has 1 rings (SSSR count). The minimum Gasteiger partial charge on any atom is -0.444 e. The molecule has 1 heterocycles. The van der Waals surface area contributed by atoms with Crippen LogP contribution in [0.1, 0.15) is 20.8 Å². The van der Waals surface area contributed by atoms with E-state index in [4.69, 9.17) is 15.7 Å². The monoisotopic (exact) mass is 298 g/mol. The molecule has 0 atom stereocenters. The Kier molecular flexibility index (Phi) is 5.57. The predicted molar refractivity (Wildman–Crippen MR) is 79.7 cm³/mol. The molecule has 1 saturated heterocycles. The predicted octanol–water partition coefficient (Wildman–Crippen LogP) is 1.55. The van der Waals surface area contributed by atoms with Gasteiger partial charge in [-0.05, 0) is 27.0 Å². The van der Waals surface area contributed by atoms with E-state index in [1.165, 1.54) is 11.8 Å². The number of ether oxygens (including phenoxy) is 1. The zero-order valence-corrected chi connectivity index (χ0v) is 13.3. The van der Waals surface area contributed by atoms with Gasteiger partial charge in [-0.25, -0.2) is 4.79 Å². The van der Waals surface area contributed by atoms with Crippen molar-refractivity contribution in [2.45, 2.75) is 26.4 Å². The van der Waals surface area contributed by atoms with Crippen LogP contribution < -0.4 is 5.73 Å². The molecule has 0 unspecified atom stereocenters. The van der Waals surface area contributed by atoms with E-state index >= 15 is 0 Å². The number of amides is 1. The fourth-order valence-electron chi connectivity index (χ4n) is 1.88. The number of hydrogen-bond acceptors (Lipinski definition) is 6. The molecule has 0 aromatic carbocycles. The zero-order chi connectivity index (χ0) is 15.3. The standard InChI is InChI=1S/C13H22N4O2S/c1-13(2,3)19-12(18)17-7-5-16(6-8-17)11(20-4)10(15)9-14/h5-8,15H2,1-4H3/b11-10+. The number of hydrogen-bond donors (Lipinski definition) is 1. The molecule has 0 saturated carbocycles. The lowest BCUT2D eigenvalue weighted by atomic mass is 10.2. The van der Waals surface area contributed by atoms with Crippen LogP contribution in [0.25, 0.3) is 0 Å². The summed E-state index contributed by atoms with van der Waals surface area (Å²) in [5, 5.41) is 9.65. The first-order valence-corrected chi connectivity index (χ1v) is 7.67. The summed E-state index contributed by atoms with van der Waals surface area (Å²) in [6.07, 6.45) is 1.60. The number of nitrogens with zero attached hydrogens (tertiary/aromatic N) is 3. The van der Waals surface area contributed by atoms with Crippen molar-refractivity contribution in [3.05, 3.63) is 10.7 Å². The summed E-state index contributed by atoms with van der Waals surface area (Å²) < 4.78 is 5.34.